The molecule has 0 aliphatic rings. The van der Waals surface area contributed by atoms with Crippen molar-refractivity contribution < 1.29 is 14.3 Å². The minimum Gasteiger partial charge on any atom is -0.469 e. The first-order valence-electron chi connectivity index (χ1n) is 12.8. The molecule has 2 aromatic rings. The van der Waals surface area contributed by atoms with E-state index in [1.807, 2.05) is 48.5 Å². The van der Waals surface area contributed by atoms with Crippen LogP contribution >= 0.6 is 11.6 Å². The first-order valence-corrected chi connectivity index (χ1v) is 13.1. The molecule has 35 heavy (non-hydrogen) atoms. The van der Waals surface area contributed by atoms with Crippen LogP contribution < -0.4 is 5.32 Å². The maximum atomic E-state index is 12.1. The highest BCUT2D eigenvalue weighted by Crippen LogP contribution is 2.14. The second-order valence-electron chi connectivity index (χ2n) is 8.74. The van der Waals surface area contributed by atoms with Gasteiger partial charge in [-0.2, -0.15) is 0 Å². The summed E-state index contributed by atoms with van der Waals surface area (Å²) in [6.07, 6.45) is 12.6. The number of halogens is 1. The summed E-state index contributed by atoms with van der Waals surface area (Å²) in [5.41, 5.74) is 2.68. The number of ketones is 1. The number of carbonyl (C=O) groups excluding carboxylic acids is 2. The molecular formula is C30H38ClNO3. The van der Waals surface area contributed by atoms with Crippen LogP contribution in [0, 0.1) is 11.8 Å². The number of rotatable bonds is 16. The van der Waals surface area contributed by atoms with Crippen LogP contribution in [0.1, 0.15) is 93.0 Å². The highest BCUT2D eigenvalue weighted by molar-refractivity contribution is 6.30. The SMILES string of the molecule is COC(=O)CCC(=O)c1ccc(NCCCCCCCCCCCC#Cc2ccc(Cl)cc2)cc1. The minimum absolute atomic E-state index is 0.0372. The zero-order valence-corrected chi connectivity index (χ0v) is 21.7. The Morgan fingerprint density at radius 2 is 1.40 bits per heavy atom. The van der Waals surface area contributed by atoms with Crippen LogP contribution in [-0.2, 0) is 9.53 Å². The predicted molar refractivity (Wildman–Crippen MR) is 145 cm³/mol. The Morgan fingerprint density at radius 3 is 2.03 bits per heavy atom. The van der Waals surface area contributed by atoms with E-state index in [1.165, 1.54) is 58.5 Å². The molecule has 0 aliphatic carbocycles. The molecule has 188 valence electrons. The summed E-state index contributed by atoms with van der Waals surface area (Å²) < 4.78 is 4.57. The lowest BCUT2D eigenvalue weighted by molar-refractivity contribution is -0.140. The lowest BCUT2D eigenvalue weighted by atomic mass is 10.1. The van der Waals surface area contributed by atoms with Crippen LogP contribution in [0.25, 0.3) is 0 Å². The molecular weight excluding hydrogens is 458 g/mol. The van der Waals surface area contributed by atoms with Crippen molar-refractivity contribution in [2.75, 3.05) is 19.0 Å². The Bertz CT molecular complexity index is 942. The maximum absolute atomic E-state index is 12.1. The topological polar surface area (TPSA) is 55.4 Å². The Balaban J connectivity index is 1.41. The van der Waals surface area contributed by atoms with Crippen molar-refractivity contribution in [2.45, 2.75) is 77.0 Å². The van der Waals surface area contributed by atoms with E-state index in [1.54, 1.807) is 0 Å². The number of hydrogen-bond acceptors (Lipinski definition) is 4. The summed E-state index contributed by atoms with van der Waals surface area (Å²) in [6.45, 7) is 0.937. The molecule has 0 saturated heterocycles. The van der Waals surface area contributed by atoms with Crippen molar-refractivity contribution in [3.63, 3.8) is 0 Å². The zero-order chi connectivity index (χ0) is 25.1. The van der Waals surface area contributed by atoms with Crippen molar-refractivity contribution in [3.8, 4) is 11.8 Å². The molecule has 0 atom stereocenters. The molecule has 0 heterocycles. The van der Waals surface area contributed by atoms with Crippen molar-refractivity contribution in [1.29, 1.82) is 0 Å². The van der Waals surface area contributed by atoms with Crippen LogP contribution in [0.2, 0.25) is 5.02 Å². The largest absolute Gasteiger partial charge is 0.469 e. The summed E-state index contributed by atoms with van der Waals surface area (Å²) in [5.74, 6) is 6.05. The number of anilines is 1. The van der Waals surface area contributed by atoms with Gasteiger partial charge in [-0.05, 0) is 61.4 Å². The van der Waals surface area contributed by atoms with Crippen molar-refractivity contribution in [2.24, 2.45) is 0 Å². The molecule has 0 spiro atoms. The van der Waals surface area contributed by atoms with Gasteiger partial charge in [0.1, 0.15) is 0 Å². The third kappa shape index (κ3) is 13.0. The van der Waals surface area contributed by atoms with E-state index in [0.717, 1.165) is 35.7 Å². The summed E-state index contributed by atoms with van der Waals surface area (Å²) >= 11 is 5.88. The summed E-state index contributed by atoms with van der Waals surface area (Å²) in [4.78, 5) is 23.2. The Kier molecular flexibility index (Phi) is 14.3. The van der Waals surface area contributed by atoms with Gasteiger partial charge in [-0.15, -0.1) is 0 Å². The van der Waals surface area contributed by atoms with Crippen LogP contribution in [0.15, 0.2) is 48.5 Å². The third-order valence-corrected chi connectivity index (χ3v) is 6.13. The van der Waals surface area contributed by atoms with E-state index >= 15 is 0 Å². The number of carbonyl (C=O) groups is 2. The fourth-order valence-electron chi connectivity index (χ4n) is 3.74. The molecule has 0 bridgehead atoms. The van der Waals surface area contributed by atoms with Crippen molar-refractivity contribution in [3.05, 3.63) is 64.7 Å². The van der Waals surface area contributed by atoms with E-state index < -0.39 is 0 Å². The second-order valence-corrected chi connectivity index (χ2v) is 9.18. The monoisotopic (exact) mass is 495 g/mol. The number of hydrogen-bond donors (Lipinski definition) is 1. The van der Waals surface area contributed by atoms with Gasteiger partial charge >= 0.3 is 5.97 Å². The van der Waals surface area contributed by atoms with Gasteiger partial charge in [0, 0.05) is 41.2 Å². The average Bonchev–Trinajstić information content (AvgIpc) is 2.88. The van der Waals surface area contributed by atoms with Crippen LogP contribution in [0.4, 0.5) is 5.69 Å². The number of benzene rings is 2. The van der Waals surface area contributed by atoms with Gasteiger partial charge in [0.15, 0.2) is 5.78 Å². The Morgan fingerprint density at radius 1 is 0.800 bits per heavy atom. The molecule has 0 aliphatic heterocycles. The van der Waals surface area contributed by atoms with Gasteiger partial charge in [-0.3, -0.25) is 9.59 Å². The van der Waals surface area contributed by atoms with Gasteiger partial charge in [0.2, 0.25) is 0 Å². The van der Waals surface area contributed by atoms with Gasteiger partial charge in [-0.1, -0.05) is 68.4 Å². The second kappa shape index (κ2) is 17.6. The molecule has 0 saturated carbocycles. The first-order chi connectivity index (χ1) is 17.1. The van der Waals surface area contributed by atoms with Gasteiger partial charge < -0.3 is 10.1 Å². The number of nitrogens with one attached hydrogen (secondary N) is 1. The highest BCUT2D eigenvalue weighted by Gasteiger charge is 2.09. The molecule has 0 radical (unpaired) electrons. The molecule has 0 aromatic heterocycles. The van der Waals surface area contributed by atoms with Gasteiger partial charge in [-0.25, -0.2) is 0 Å². The quantitative estimate of drug-likeness (QED) is 0.111. The molecule has 0 unspecified atom stereocenters. The van der Waals surface area contributed by atoms with Crippen LogP contribution in [0.5, 0.6) is 0 Å². The van der Waals surface area contributed by atoms with Crippen molar-refractivity contribution >= 4 is 29.0 Å². The normalized spacial score (nSPS) is 10.3. The van der Waals surface area contributed by atoms with Gasteiger partial charge in [0.25, 0.3) is 0 Å². The molecule has 2 aromatic carbocycles. The molecule has 2 rings (SSSR count). The van der Waals surface area contributed by atoms with Crippen LogP contribution in [-0.4, -0.2) is 25.4 Å². The predicted octanol–water partition coefficient (Wildman–Crippen LogP) is 7.84. The van der Waals surface area contributed by atoms with Crippen LogP contribution in [0.3, 0.4) is 0 Å². The number of esters is 1. The summed E-state index contributed by atoms with van der Waals surface area (Å²) in [6, 6.07) is 15.2. The fourth-order valence-corrected chi connectivity index (χ4v) is 3.87. The summed E-state index contributed by atoms with van der Waals surface area (Å²) in [5, 5.41) is 4.17. The standard InChI is InChI=1S/C30H38ClNO3/c1-35-30(34)23-22-29(33)26-16-20-28(21-17-26)32-24-12-10-8-6-4-2-3-5-7-9-11-13-25-14-18-27(31)19-15-25/h14-21,32H,2-10,12,22-24H2,1H3. The number of Topliss-reactive ketones (excluding diaryl/α,β-unsaturated/α-hetero) is 1. The summed E-state index contributed by atoms with van der Waals surface area (Å²) in [7, 11) is 1.33. The molecule has 0 fully saturated rings. The van der Waals surface area contributed by atoms with Crippen molar-refractivity contribution in [1.82, 2.24) is 0 Å². The number of methoxy groups -OCH3 is 1. The minimum atomic E-state index is -0.357. The molecule has 0 amide bonds. The van der Waals surface area contributed by atoms with E-state index in [2.05, 4.69) is 21.9 Å². The maximum Gasteiger partial charge on any atom is 0.305 e. The smallest absolute Gasteiger partial charge is 0.305 e. The third-order valence-electron chi connectivity index (χ3n) is 5.88. The molecule has 4 nitrogen and oxygen atoms in total. The number of unbranched alkanes of at least 4 members (excludes halogenated alkanes) is 9. The average molecular weight is 496 g/mol. The lowest BCUT2D eigenvalue weighted by Crippen LogP contribution is -2.06. The first kappa shape index (κ1) is 28.5. The van der Waals surface area contributed by atoms with E-state index in [0.29, 0.717) is 5.56 Å². The van der Waals surface area contributed by atoms with E-state index in [4.69, 9.17) is 11.6 Å². The Labute approximate surface area is 215 Å². The van der Waals surface area contributed by atoms with E-state index in [9.17, 15) is 9.59 Å². The molecule has 1 N–H and O–H groups in total. The van der Waals surface area contributed by atoms with E-state index in [-0.39, 0.29) is 24.6 Å². The van der Waals surface area contributed by atoms with Gasteiger partial charge in [0.05, 0.1) is 13.5 Å². The molecule has 5 heteroatoms. The Hall–Kier alpha value is -2.77. The lowest BCUT2D eigenvalue weighted by Gasteiger charge is -2.07. The fraction of sp³-hybridized carbons (Fsp3) is 0.467. The highest BCUT2D eigenvalue weighted by atomic mass is 35.5. The number of ether oxygens (including phenoxy) is 1. The zero-order valence-electron chi connectivity index (χ0n) is 20.9.